The predicted octanol–water partition coefficient (Wildman–Crippen LogP) is 1.27. The van der Waals surface area contributed by atoms with Gasteiger partial charge in [-0.05, 0) is 13.0 Å². The molecular formula is C7H13N. The Balaban J connectivity index is 2.10. The van der Waals surface area contributed by atoms with Gasteiger partial charge >= 0.3 is 0 Å². The molecule has 1 nitrogen and oxygen atoms in total. The lowest BCUT2D eigenvalue weighted by molar-refractivity contribution is 0.353. The summed E-state index contributed by atoms with van der Waals surface area (Å²) in [5, 5.41) is 0. The molecule has 1 aliphatic rings. The molecule has 0 atom stereocenters. The van der Waals surface area contributed by atoms with E-state index in [9.17, 15) is 0 Å². The molecule has 0 amide bonds. The van der Waals surface area contributed by atoms with Gasteiger partial charge in [-0.1, -0.05) is 19.1 Å². The van der Waals surface area contributed by atoms with E-state index in [-0.39, 0.29) is 0 Å². The third kappa shape index (κ3) is 1.34. The lowest BCUT2D eigenvalue weighted by Crippen LogP contribution is -2.20. The fourth-order valence-corrected chi connectivity index (χ4v) is 1.02. The number of nitrogens with zero attached hydrogens (tertiary/aromatic N) is 1. The maximum Gasteiger partial charge on any atom is 0.0166 e. The molecule has 0 saturated carbocycles. The molecule has 8 heavy (non-hydrogen) atoms. The lowest BCUT2D eigenvalue weighted by atomic mass is 10.4. The summed E-state index contributed by atoms with van der Waals surface area (Å²) in [5.41, 5.74) is 0. The topological polar surface area (TPSA) is 3.24 Å². The average molecular weight is 111 g/mol. The summed E-state index contributed by atoms with van der Waals surface area (Å²) >= 11 is 0. The van der Waals surface area contributed by atoms with Crippen molar-refractivity contribution in [3.63, 3.8) is 0 Å². The minimum Gasteiger partial charge on any atom is -0.296 e. The fourth-order valence-electron chi connectivity index (χ4n) is 1.02. The Bertz CT molecular complexity index is 78.4. The molecule has 0 aliphatic carbocycles. The molecule has 1 heteroatoms. The SMILES string of the molecule is CCCN1CC=CC1. The molecule has 0 aromatic rings. The van der Waals surface area contributed by atoms with Gasteiger partial charge in [0.05, 0.1) is 0 Å². The van der Waals surface area contributed by atoms with Gasteiger partial charge in [-0.3, -0.25) is 4.90 Å². The first-order valence-corrected chi connectivity index (χ1v) is 3.31. The van der Waals surface area contributed by atoms with Crippen LogP contribution < -0.4 is 0 Å². The smallest absolute Gasteiger partial charge is 0.0166 e. The second-order valence-electron chi connectivity index (χ2n) is 2.23. The van der Waals surface area contributed by atoms with Gasteiger partial charge < -0.3 is 0 Å². The van der Waals surface area contributed by atoms with Crippen LogP contribution in [-0.4, -0.2) is 24.5 Å². The quantitative estimate of drug-likeness (QED) is 0.485. The highest BCUT2D eigenvalue weighted by Crippen LogP contribution is 1.98. The normalized spacial score (nSPS) is 20.1. The summed E-state index contributed by atoms with van der Waals surface area (Å²) < 4.78 is 0. The highest BCUT2D eigenvalue weighted by molar-refractivity contribution is 4.94. The zero-order valence-corrected chi connectivity index (χ0v) is 5.43. The highest BCUT2D eigenvalue weighted by Gasteiger charge is 2.01. The summed E-state index contributed by atoms with van der Waals surface area (Å²) in [6, 6.07) is 0. The van der Waals surface area contributed by atoms with Gasteiger partial charge in [0.15, 0.2) is 0 Å². The van der Waals surface area contributed by atoms with Crippen LogP contribution in [0.5, 0.6) is 0 Å². The first-order valence-electron chi connectivity index (χ1n) is 3.31. The molecule has 0 spiro atoms. The van der Waals surface area contributed by atoms with Crippen molar-refractivity contribution < 1.29 is 0 Å². The molecule has 0 aromatic heterocycles. The van der Waals surface area contributed by atoms with Gasteiger partial charge in [0.1, 0.15) is 0 Å². The molecule has 0 saturated heterocycles. The predicted molar refractivity (Wildman–Crippen MR) is 35.9 cm³/mol. The van der Waals surface area contributed by atoms with Crippen molar-refractivity contribution in [2.45, 2.75) is 13.3 Å². The Morgan fingerprint density at radius 2 is 2.00 bits per heavy atom. The summed E-state index contributed by atoms with van der Waals surface area (Å²) in [5.74, 6) is 0. The molecule has 0 bridgehead atoms. The molecular weight excluding hydrogens is 98.1 g/mol. The third-order valence-corrected chi connectivity index (χ3v) is 1.43. The standard InChI is InChI=1S/C7H13N/c1-2-5-8-6-3-4-7-8/h3-4H,2,5-7H2,1H3. The van der Waals surface area contributed by atoms with Gasteiger partial charge in [-0.25, -0.2) is 0 Å². The Hall–Kier alpha value is -0.300. The number of hydrogen-bond acceptors (Lipinski definition) is 1. The Labute approximate surface area is 51.0 Å². The Morgan fingerprint density at radius 3 is 2.50 bits per heavy atom. The van der Waals surface area contributed by atoms with Crippen molar-refractivity contribution in [2.24, 2.45) is 0 Å². The molecule has 0 radical (unpaired) electrons. The molecule has 1 rings (SSSR count). The van der Waals surface area contributed by atoms with E-state index in [4.69, 9.17) is 0 Å². The van der Waals surface area contributed by atoms with Crippen molar-refractivity contribution in [1.82, 2.24) is 4.90 Å². The van der Waals surface area contributed by atoms with Gasteiger partial charge in [0, 0.05) is 13.1 Å². The second-order valence-corrected chi connectivity index (χ2v) is 2.23. The molecule has 1 aliphatic heterocycles. The van der Waals surface area contributed by atoms with Crippen LogP contribution in [-0.2, 0) is 0 Å². The van der Waals surface area contributed by atoms with Crippen LogP contribution in [0.4, 0.5) is 0 Å². The number of hydrogen-bond donors (Lipinski definition) is 0. The van der Waals surface area contributed by atoms with E-state index in [0.29, 0.717) is 0 Å². The summed E-state index contributed by atoms with van der Waals surface area (Å²) in [6.07, 6.45) is 5.74. The number of rotatable bonds is 2. The van der Waals surface area contributed by atoms with Crippen molar-refractivity contribution in [2.75, 3.05) is 19.6 Å². The largest absolute Gasteiger partial charge is 0.296 e. The Kier molecular flexibility index (Phi) is 2.10. The summed E-state index contributed by atoms with van der Waals surface area (Å²) in [6.45, 7) is 5.83. The molecule has 0 unspecified atom stereocenters. The molecule has 0 fully saturated rings. The van der Waals surface area contributed by atoms with Crippen LogP contribution in [0, 0.1) is 0 Å². The first-order chi connectivity index (χ1) is 3.93. The van der Waals surface area contributed by atoms with Gasteiger partial charge in [-0.2, -0.15) is 0 Å². The van der Waals surface area contributed by atoms with Crippen molar-refractivity contribution >= 4 is 0 Å². The summed E-state index contributed by atoms with van der Waals surface area (Å²) in [4.78, 5) is 2.43. The zero-order valence-electron chi connectivity index (χ0n) is 5.43. The highest BCUT2D eigenvalue weighted by atomic mass is 15.1. The van der Waals surface area contributed by atoms with Crippen molar-refractivity contribution in [3.05, 3.63) is 12.2 Å². The van der Waals surface area contributed by atoms with Crippen LogP contribution >= 0.6 is 0 Å². The van der Waals surface area contributed by atoms with Crippen LogP contribution in [0.15, 0.2) is 12.2 Å². The van der Waals surface area contributed by atoms with Crippen LogP contribution in [0.2, 0.25) is 0 Å². The molecule has 0 N–H and O–H groups in total. The van der Waals surface area contributed by atoms with Gasteiger partial charge in [0.2, 0.25) is 0 Å². The fraction of sp³-hybridized carbons (Fsp3) is 0.714. The third-order valence-electron chi connectivity index (χ3n) is 1.43. The zero-order chi connectivity index (χ0) is 5.82. The second kappa shape index (κ2) is 2.88. The maximum atomic E-state index is 2.43. The van der Waals surface area contributed by atoms with Crippen molar-refractivity contribution in [3.8, 4) is 0 Å². The van der Waals surface area contributed by atoms with Gasteiger partial charge in [0.25, 0.3) is 0 Å². The van der Waals surface area contributed by atoms with Crippen LogP contribution in [0.1, 0.15) is 13.3 Å². The van der Waals surface area contributed by atoms with Crippen LogP contribution in [0.3, 0.4) is 0 Å². The van der Waals surface area contributed by atoms with E-state index in [1.165, 1.54) is 26.1 Å². The molecule has 46 valence electrons. The minimum absolute atomic E-state index is 1.17. The first kappa shape index (κ1) is 5.83. The maximum absolute atomic E-state index is 2.43. The lowest BCUT2D eigenvalue weighted by Gasteiger charge is -2.11. The average Bonchev–Trinajstić information content (AvgIpc) is 2.19. The van der Waals surface area contributed by atoms with E-state index in [0.717, 1.165) is 0 Å². The molecule has 1 heterocycles. The van der Waals surface area contributed by atoms with E-state index in [2.05, 4.69) is 24.0 Å². The van der Waals surface area contributed by atoms with E-state index in [1.807, 2.05) is 0 Å². The summed E-state index contributed by atoms with van der Waals surface area (Å²) in [7, 11) is 0. The van der Waals surface area contributed by atoms with E-state index >= 15 is 0 Å². The monoisotopic (exact) mass is 111 g/mol. The van der Waals surface area contributed by atoms with Gasteiger partial charge in [-0.15, -0.1) is 0 Å². The van der Waals surface area contributed by atoms with Crippen molar-refractivity contribution in [1.29, 1.82) is 0 Å². The van der Waals surface area contributed by atoms with Crippen LogP contribution in [0.25, 0.3) is 0 Å². The Morgan fingerprint density at radius 1 is 1.38 bits per heavy atom. The van der Waals surface area contributed by atoms with E-state index in [1.54, 1.807) is 0 Å². The molecule has 0 aromatic carbocycles. The van der Waals surface area contributed by atoms with E-state index < -0.39 is 0 Å². The minimum atomic E-state index is 1.17.